The molecule has 110 valence electrons. The van der Waals surface area contributed by atoms with E-state index in [9.17, 15) is 9.90 Å². The molecule has 0 bridgehead atoms. The number of methoxy groups -OCH3 is 1. The number of aryl methyl sites for hydroxylation is 1. The molecule has 0 atom stereocenters. The van der Waals surface area contributed by atoms with Gasteiger partial charge in [0.1, 0.15) is 5.75 Å². The van der Waals surface area contributed by atoms with Gasteiger partial charge in [-0.15, -0.1) is 0 Å². The maximum atomic E-state index is 11.2. The van der Waals surface area contributed by atoms with Crippen molar-refractivity contribution in [1.29, 1.82) is 0 Å². The molecule has 0 fully saturated rings. The summed E-state index contributed by atoms with van der Waals surface area (Å²) in [6.07, 6.45) is 0. The molecular weight excluding hydrogens is 276 g/mol. The summed E-state index contributed by atoms with van der Waals surface area (Å²) in [5.41, 5.74) is 3.52. The molecule has 0 heterocycles. The van der Waals surface area contributed by atoms with Crippen LogP contribution in [0.5, 0.6) is 5.75 Å². The van der Waals surface area contributed by atoms with Gasteiger partial charge in [-0.25, -0.2) is 4.79 Å². The van der Waals surface area contributed by atoms with Gasteiger partial charge in [-0.3, -0.25) is 0 Å². The second-order valence-electron chi connectivity index (χ2n) is 5.23. The summed E-state index contributed by atoms with van der Waals surface area (Å²) >= 11 is 0. The second kappa shape index (κ2) is 5.53. The molecule has 0 radical (unpaired) electrons. The average molecular weight is 292 g/mol. The van der Waals surface area contributed by atoms with E-state index in [0.29, 0.717) is 5.56 Å². The van der Waals surface area contributed by atoms with Crippen LogP contribution in [0.2, 0.25) is 0 Å². The minimum absolute atomic E-state index is 0.299. The van der Waals surface area contributed by atoms with Crippen LogP contribution in [0, 0.1) is 6.92 Å². The minimum atomic E-state index is -0.913. The van der Waals surface area contributed by atoms with Crippen LogP contribution in [0.1, 0.15) is 15.9 Å². The van der Waals surface area contributed by atoms with Crippen molar-refractivity contribution in [2.24, 2.45) is 0 Å². The fourth-order valence-corrected chi connectivity index (χ4v) is 2.70. The van der Waals surface area contributed by atoms with E-state index >= 15 is 0 Å². The Labute approximate surface area is 128 Å². The summed E-state index contributed by atoms with van der Waals surface area (Å²) in [4.78, 5) is 11.2. The van der Waals surface area contributed by atoms with Crippen molar-refractivity contribution >= 4 is 16.7 Å². The first-order valence-electron chi connectivity index (χ1n) is 7.01. The fourth-order valence-electron chi connectivity index (χ4n) is 2.70. The van der Waals surface area contributed by atoms with Crippen molar-refractivity contribution in [2.45, 2.75) is 6.92 Å². The van der Waals surface area contributed by atoms with E-state index in [1.54, 1.807) is 19.2 Å². The lowest BCUT2D eigenvalue weighted by atomic mass is 9.93. The number of hydrogen-bond acceptors (Lipinski definition) is 2. The molecule has 3 aromatic rings. The molecule has 0 saturated carbocycles. The zero-order valence-electron chi connectivity index (χ0n) is 12.5. The SMILES string of the molecule is COc1ccc(-c2c(C)ccc3ccc(C(=O)O)cc23)cc1. The molecule has 3 heteroatoms. The number of fused-ring (bicyclic) bond motifs is 1. The first-order valence-corrected chi connectivity index (χ1v) is 7.01. The van der Waals surface area contributed by atoms with Crippen LogP contribution in [0.25, 0.3) is 21.9 Å². The highest BCUT2D eigenvalue weighted by Gasteiger charge is 2.10. The average Bonchev–Trinajstić information content (AvgIpc) is 2.54. The van der Waals surface area contributed by atoms with E-state index in [1.807, 2.05) is 43.3 Å². The molecule has 3 nitrogen and oxygen atoms in total. The smallest absolute Gasteiger partial charge is 0.335 e. The second-order valence-corrected chi connectivity index (χ2v) is 5.23. The Balaban J connectivity index is 2.27. The number of carboxylic acid groups (broad SMARTS) is 1. The molecule has 0 aromatic heterocycles. The third kappa shape index (κ3) is 2.42. The maximum absolute atomic E-state index is 11.2. The fraction of sp³-hybridized carbons (Fsp3) is 0.105. The van der Waals surface area contributed by atoms with E-state index in [4.69, 9.17) is 4.74 Å². The number of ether oxygens (including phenoxy) is 1. The van der Waals surface area contributed by atoms with Crippen LogP contribution in [-0.4, -0.2) is 18.2 Å². The molecule has 0 amide bonds. The number of hydrogen-bond donors (Lipinski definition) is 1. The highest BCUT2D eigenvalue weighted by atomic mass is 16.5. The molecule has 0 spiro atoms. The Kier molecular flexibility index (Phi) is 3.55. The van der Waals surface area contributed by atoms with Crippen LogP contribution in [0.4, 0.5) is 0 Å². The molecule has 0 aliphatic heterocycles. The van der Waals surface area contributed by atoms with Crippen molar-refractivity contribution in [1.82, 2.24) is 0 Å². The van der Waals surface area contributed by atoms with Crippen LogP contribution in [0.15, 0.2) is 54.6 Å². The summed E-state index contributed by atoms with van der Waals surface area (Å²) in [7, 11) is 1.64. The van der Waals surface area contributed by atoms with Crippen molar-refractivity contribution in [3.63, 3.8) is 0 Å². The molecule has 3 rings (SSSR count). The topological polar surface area (TPSA) is 46.5 Å². The van der Waals surface area contributed by atoms with Crippen LogP contribution in [-0.2, 0) is 0 Å². The summed E-state index contributed by atoms with van der Waals surface area (Å²) in [6, 6.07) is 17.1. The zero-order valence-corrected chi connectivity index (χ0v) is 12.5. The number of carboxylic acids is 1. The Bertz CT molecular complexity index is 848. The number of benzene rings is 3. The lowest BCUT2D eigenvalue weighted by molar-refractivity contribution is 0.0697. The minimum Gasteiger partial charge on any atom is -0.497 e. The van der Waals surface area contributed by atoms with Crippen LogP contribution < -0.4 is 4.74 Å². The third-order valence-corrected chi connectivity index (χ3v) is 3.86. The first kappa shape index (κ1) is 14.1. The highest BCUT2D eigenvalue weighted by molar-refractivity contribution is 6.02. The van der Waals surface area contributed by atoms with Gasteiger partial charge in [0.15, 0.2) is 0 Å². The van der Waals surface area contributed by atoms with Crippen LogP contribution in [0.3, 0.4) is 0 Å². The van der Waals surface area contributed by atoms with Crippen molar-refractivity contribution in [2.75, 3.05) is 7.11 Å². The van der Waals surface area contributed by atoms with Gasteiger partial charge < -0.3 is 9.84 Å². The van der Waals surface area contributed by atoms with E-state index in [2.05, 4.69) is 6.07 Å². The Morgan fingerprint density at radius 1 is 1.00 bits per heavy atom. The van der Waals surface area contributed by atoms with Gasteiger partial charge in [0.05, 0.1) is 12.7 Å². The van der Waals surface area contributed by atoms with Gasteiger partial charge >= 0.3 is 5.97 Å². The monoisotopic (exact) mass is 292 g/mol. The molecule has 1 N–H and O–H groups in total. The summed E-state index contributed by atoms with van der Waals surface area (Å²) in [6.45, 7) is 2.03. The van der Waals surface area contributed by atoms with Gasteiger partial charge in [-0.1, -0.05) is 30.3 Å². The molecular formula is C19H16O3. The number of aromatic carboxylic acids is 1. The predicted molar refractivity (Wildman–Crippen MR) is 87.6 cm³/mol. The van der Waals surface area contributed by atoms with Gasteiger partial charge in [0.2, 0.25) is 0 Å². The third-order valence-electron chi connectivity index (χ3n) is 3.86. The van der Waals surface area contributed by atoms with Gasteiger partial charge in [-0.2, -0.15) is 0 Å². The zero-order chi connectivity index (χ0) is 15.7. The quantitative estimate of drug-likeness (QED) is 0.772. The predicted octanol–water partition coefficient (Wildman–Crippen LogP) is 4.52. The van der Waals surface area contributed by atoms with Crippen molar-refractivity contribution < 1.29 is 14.6 Å². The van der Waals surface area contributed by atoms with E-state index < -0.39 is 5.97 Å². The van der Waals surface area contributed by atoms with E-state index in [0.717, 1.165) is 33.2 Å². The largest absolute Gasteiger partial charge is 0.497 e. The number of carbonyl (C=O) groups is 1. The standard InChI is InChI=1S/C19H16O3/c1-12-3-4-13-5-6-15(19(20)21)11-17(13)18(12)14-7-9-16(22-2)10-8-14/h3-11H,1-2H3,(H,20,21). The molecule has 3 aromatic carbocycles. The van der Waals surface area contributed by atoms with Gasteiger partial charge in [0.25, 0.3) is 0 Å². The summed E-state index contributed by atoms with van der Waals surface area (Å²) < 4.78 is 5.20. The number of rotatable bonds is 3. The van der Waals surface area contributed by atoms with Gasteiger partial charge in [0, 0.05) is 0 Å². The van der Waals surface area contributed by atoms with Crippen molar-refractivity contribution in [3.05, 3.63) is 65.7 Å². The molecule has 0 unspecified atom stereocenters. The maximum Gasteiger partial charge on any atom is 0.335 e. The van der Waals surface area contributed by atoms with Crippen LogP contribution >= 0.6 is 0 Å². The normalized spacial score (nSPS) is 10.6. The molecule has 0 aliphatic rings. The Morgan fingerprint density at radius 2 is 1.68 bits per heavy atom. The summed E-state index contributed by atoms with van der Waals surface area (Å²) in [5.74, 6) is -0.114. The molecule has 0 saturated heterocycles. The van der Waals surface area contributed by atoms with Crippen molar-refractivity contribution in [3.8, 4) is 16.9 Å². The van der Waals surface area contributed by atoms with E-state index in [-0.39, 0.29) is 0 Å². The lowest BCUT2D eigenvalue weighted by Gasteiger charge is -2.12. The van der Waals surface area contributed by atoms with E-state index in [1.165, 1.54) is 0 Å². The molecule has 0 aliphatic carbocycles. The lowest BCUT2D eigenvalue weighted by Crippen LogP contribution is -1.96. The Hall–Kier alpha value is -2.81. The summed E-state index contributed by atoms with van der Waals surface area (Å²) in [5, 5.41) is 11.2. The first-order chi connectivity index (χ1) is 10.6. The van der Waals surface area contributed by atoms with Gasteiger partial charge in [-0.05, 0) is 58.7 Å². The molecule has 22 heavy (non-hydrogen) atoms. The highest BCUT2D eigenvalue weighted by Crippen LogP contribution is 2.33. The Morgan fingerprint density at radius 3 is 2.32 bits per heavy atom.